The van der Waals surface area contributed by atoms with Crippen molar-refractivity contribution in [3.8, 4) is 0 Å². The van der Waals surface area contributed by atoms with Crippen LogP contribution in [0.15, 0.2) is 53.6 Å². The maximum Gasteiger partial charge on any atom is 0.240 e. The number of hydrogen-bond acceptors (Lipinski definition) is 2. The highest BCUT2D eigenvalue weighted by molar-refractivity contribution is 6.35. The van der Waals surface area contributed by atoms with Crippen molar-refractivity contribution in [2.24, 2.45) is 5.10 Å². The normalized spacial score (nSPS) is 17.5. The SMILES string of the molecule is CC(=O)N1N=C(c2ccccc2)C[C@@H]1c1ccc(Cl)cc1Cl. The Morgan fingerprint density at radius 3 is 2.55 bits per heavy atom. The van der Waals surface area contributed by atoms with Gasteiger partial charge in [0.05, 0.1) is 11.8 Å². The third kappa shape index (κ3) is 2.87. The average Bonchev–Trinajstić information content (AvgIpc) is 2.93. The summed E-state index contributed by atoms with van der Waals surface area (Å²) in [6.07, 6.45) is 0.630. The van der Waals surface area contributed by atoms with Crippen molar-refractivity contribution in [3.05, 3.63) is 69.7 Å². The molecule has 1 heterocycles. The number of halogens is 2. The van der Waals surface area contributed by atoms with E-state index in [2.05, 4.69) is 5.10 Å². The Morgan fingerprint density at radius 2 is 1.91 bits per heavy atom. The number of rotatable bonds is 2. The molecule has 0 N–H and O–H groups in total. The van der Waals surface area contributed by atoms with E-state index in [9.17, 15) is 4.79 Å². The molecule has 1 aliphatic heterocycles. The van der Waals surface area contributed by atoms with Gasteiger partial charge in [-0.1, -0.05) is 59.6 Å². The minimum atomic E-state index is -0.197. The van der Waals surface area contributed by atoms with Crippen LogP contribution in [0.5, 0.6) is 0 Å². The van der Waals surface area contributed by atoms with Crippen LogP contribution in [-0.2, 0) is 4.79 Å². The number of nitrogens with zero attached hydrogens (tertiary/aromatic N) is 2. The lowest BCUT2D eigenvalue weighted by Crippen LogP contribution is -2.24. The van der Waals surface area contributed by atoms with Crippen molar-refractivity contribution in [1.29, 1.82) is 0 Å². The molecule has 0 bridgehead atoms. The average molecular weight is 333 g/mol. The second-order valence-electron chi connectivity index (χ2n) is 5.16. The van der Waals surface area contributed by atoms with Crippen molar-refractivity contribution < 1.29 is 4.79 Å². The molecule has 22 heavy (non-hydrogen) atoms. The molecular weight excluding hydrogens is 319 g/mol. The summed E-state index contributed by atoms with van der Waals surface area (Å²) in [6.45, 7) is 1.51. The molecule has 2 aromatic carbocycles. The topological polar surface area (TPSA) is 32.7 Å². The second kappa shape index (κ2) is 6.11. The molecule has 0 saturated carbocycles. The monoisotopic (exact) mass is 332 g/mol. The van der Waals surface area contributed by atoms with Gasteiger partial charge in [0.1, 0.15) is 0 Å². The Balaban J connectivity index is 1.98. The standard InChI is InChI=1S/C17H14Cl2N2O/c1-11(22)21-17(14-8-7-13(18)9-15(14)19)10-16(20-21)12-5-3-2-4-6-12/h2-9,17H,10H2,1H3/t17-/m1/s1. The highest BCUT2D eigenvalue weighted by Gasteiger charge is 2.32. The molecule has 1 amide bonds. The molecule has 1 aliphatic rings. The summed E-state index contributed by atoms with van der Waals surface area (Å²) in [5.41, 5.74) is 2.75. The van der Waals surface area contributed by atoms with Crippen LogP contribution >= 0.6 is 23.2 Å². The van der Waals surface area contributed by atoms with Crippen LogP contribution in [-0.4, -0.2) is 16.6 Å². The van der Waals surface area contributed by atoms with Crippen LogP contribution < -0.4 is 0 Å². The van der Waals surface area contributed by atoms with Gasteiger partial charge in [0.15, 0.2) is 0 Å². The van der Waals surface area contributed by atoms with Crippen molar-refractivity contribution in [2.45, 2.75) is 19.4 Å². The maximum atomic E-state index is 11.9. The van der Waals surface area contributed by atoms with Crippen LogP contribution in [0.1, 0.15) is 30.5 Å². The summed E-state index contributed by atoms with van der Waals surface area (Å²) in [5.74, 6) is -0.109. The van der Waals surface area contributed by atoms with Crippen LogP contribution in [0.25, 0.3) is 0 Å². The zero-order valence-corrected chi connectivity index (χ0v) is 13.5. The molecule has 0 fully saturated rings. The first-order valence-corrected chi connectivity index (χ1v) is 7.69. The van der Waals surface area contributed by atoms with Gasteiger partial charge in [-0.2, -0.15) is 5.10 Å². The van der Waals surface area contributed by atoms with Gasteiger partial charge in [0.2, 0.25) is 5.91 Å². The Morgan fingerprint density at radius 1 is 1.18 bits per heavy atom. The fourth-order valence-electron chi connectivity index (χ4n) is 2.62. The molecule has 1 atom stereocenters. The number of carbonyl (C=O) groups excluding carboxylic acids is 1. The van der Waals surface area contributed by atoms with E-state index in [-0.39, 0.29) is 11.9 Å². The predicted octanol–water partition coefficient (Wildman–Crippen LogP) is 4.69. The smallest absolute Gasteiger partial charge is 0.240 e. The third-order valence-electron chi connectivity index (χ3n) is 3.66. The first kappa shape index (κ1) is 15.1. The van der Waals surface area contributed by atoms with E-state index in [1.165, 1.54) is 11.9 Å². The summed E-state index contributed by atoms with van der Waals surface area (Å²) in [7, 11) is 0. The Bertz CT molecular complexity index is 744. The summed E-state index contributed by atoms with van der Waals surface area (Å²) in [5, 5.41) is 7.11. The van der Waals surface area contributed by atoms with E-state index < -0.39 is 0 Å². The van der Waals surface area contributed by atoms with E-state index in [4.69, 9.17) is 23.2 Å². The third-order valence-corrected chi connectivity index (χ3v) is 4.22. The largest absolute Gasteiger partial charge is 0.273 e. The zero-order chi connectivity index (χ0) is 15.7. The molecular formula is C17H14Cl2N2O. The van der Waals surface area contributed by atoms with Crippen molar-refractivity contribution in [1.82, 2.24) is 5.01 Å². The highest BCUT2D eigenvalue weighted by Crippen LogP contribution is 2.37. The lowest BCUT2D eigenvalue weighted by Gasteiger charge is -2.21. The number of hydrazone groups is 1. The first-order chi connectivity index (χ1) is 10.6. The minimum absolute atomic E-state index is 0.109. The quantitative estimate of drug-likeness (QED) is 0.785. The number of amides is 1. The molecule has 0 aliphatic carbocycles. The van der Waals surface area contributed by atoms with Gasteiger partial charge in [-0.3, -0.25) is 4.79 Å². The highest BCUT2D eigenvalue weighted by atomic mass is 35.5. The Hall–Kier alpha value is -1.84. The zero-order valence-electron chi connectivity index (χ0n) is 12.0. The maximum absolute atomic E-state index is 11.9. The fourth-order valence-corrected chi connectivity index (χ4v) is 3.15. The summed E-state index contributed by atoms with van der Waals surface area (Å²) >= 11 is 12.3. The van der Waals surface area contributed by atoms with Gasteiger partial charge in [-0.05, 0) is 23.3 Å². The summed E-state index contributed by atoms with van der Waals surface area (Å²) in [6, 6.07) is 15.0. The van der Waals surface area contributed by atoms with Gasteiger partial charge < -0.3 is 0 Å². The van der Waals surface area contributed by atoms with Gasteiger partial charge in [-0.15, -0.1) is 0 Å². The van der Waals surface area contributed by atoms with Gasteiger partial charge in [0, 0.05) is 23.4 Å². The molecule has 5 heteroatoms. The van der Waals surface area contributed by atoms with Gasteiger partial charge >= 0.3 is 0 Å². The second-order valence-corrected chi connectivity index (χ2v) is 6.01. The number of hydrogen-bond donors (Lipinski definition) is 0. The van der Waals surface area contributed by atoms with Crippen molar-refractivity contribution in [2.75, 3.05) is 0 Å². The first-order valence-electron chi connectivity index (χ1n) is 6.94. The van der Waals surface area contributed by atoms with Crippen LogP contribution in [0.2, 0.25) is 10.0 Å². The molecule has 0 spiro atoms. The van der Waals surface area contributed by atoms with Crippen LogP contribution in [0.3, 0.4) is 0 Å². The van der Waals surface area contributed by atoms with Crippen LogP contribution in [0.4, 0.5) is 0 Å². The number of benzene rings is 2. The lowest BCUT2D eigenvalue weighted by atomic mass is 9.98. The predicted molar refractivity (Wildman–Crippen MR) is 89.3 cm³/mol. The van der Waals surface area contributed by atoms with E-state index >= 15 is 0 Å². The molecule has 0 aromatic heterocycles. The van der Waals surface area contributed by atoms with Crippen molar-refractivity contribution in [3.63, 3.8) is 0 Å². The molecule has 3 nitrogen and oxygen atoms in total. The Labute approximate surface area is 139 Å². The molecule has 2 aromatic rings. The van der Waals surface area contributed by atoms with E-state index in [0.717, 1.165) is 16.8 Å². The minimum Gasteiger partial charge on any atom is -0.273 e. The van der Waals surface area contributed by atoms with Crippen molar-refractivity contribution >= 4 is 34.8 Å². The summed E-state index contributed by atoms with van der Waals surface area (Å²) in [4.78, 5) is 11.9. The van der Waals surface area contributed by atoms with Gasteiger partial charge in [0.25, 0.3) is 0 Å². The van der Waals surface area contributed by atoms with E-state index in [1.54, 1.807) is 12.1 Å². The molecule has 112 valence electrons. The molecule has 0 radical (unpaired) electrons. The Kier molecular flexibility index (Phi) is 4.19. The summed E-state index contributed by atoms with van der Waals surface area (Å²) < 4.78 is 0. The molecule has 0 saturated heterocycles. The fraction of sp³-hybridized carbons (Fsp3) is 0.176. The number of carbonyl (C=O) groups is 1. The van der Waals surface area contributed by atoms with E-state index in [1.807, 2.05) is 36.4 Å². The molecule has 0 unspecified atom stereocenters. The lowest BCUT2D eigenvalue weighted by molar-refractivity contribution is -0.130. The van der Waals surface area contributed by atoms with E-state index in [0.29, 0.717) is 16.5 Å². The molecule has 3 rings (SSSR count). The van der Waals surface area contributed by atoms with Gasteiger partial charge in [-0.25, -0.2) is 5.01 Å². The van der Waals surface area contributed by atoms with Crippen LogP contribution in [0, 0.1) is 0 Å².